The van der Waals surface area contributed by atoms with Crippen LogP contribution in [0.4, 0.5) is 11.9 Å². The molecule has 0 fully saturated rings. The van der Waals surface area contributed by atoms with Gasteiger partial charge < -0.3 is 14.7 Å². The molecular weight excluding hydrogens is 248 g/mol. The number of hydrazine groups is 1. The Hall–Kier alpha value is -1.67. The van der Waals surface area contributed by atoms with Crippen LogP contribution >= 0.6 is 0 Å². The number of ether oxygens (including phenoxy) is 1. The van der Waals surface area contributed by atoms with Gasteiger partial charge in [0, 0.05) is 12.6 Å². The summed E-state index contributed by atoms with van der Waals surface area (Å²) in [6, 6.07) is 0.337. The minimum absolute atomic E-state index is 0.00954. The minimum Gasteiger partial charge on any atom is -0.461 e. The van der Waals surface area contributed by atoms with Crippen molar-refractivity contribution in [1.29, 1.82) is 0 Å². The largest absolute Gasteiger partial charge is 0.461 e. The Balaban J connectivity index is 3.09. The standard InChI is InChI=1S/C11H22N6O2/c1-7(2)17(5-6-18)10-13-9(16-12)14-11(15-10)19-8(3)4/h7-8,18H,5-6,12H2,1-4H3,(H,13,14,15,16). The molecule has 8 heteroatoms. The van der Waals surface area contributed by atoms with Crippen molar-refractivity contribution in [3.8, 4) is 6.01 Å². The average molecular weight is 270 g/mol. The Bertz CT molecular complexity index is 399. The van der Waals surface area contributed by atoms with E-state index in [9.17, 15) is 0 Å². The van der Waals surface area contributed by atoms with Crippen LogP contribution < -0.4 is 20.9 Å². The molecule has 1 heterocycles. The maximum Gasteiger partial charge on any atom is 0.323 e. The van der Waals surface area contributed by atoms with E-state index in [2.05, 4.69) is 20.4 Å². The highest BCUT2D eigenvalue weighted by Gasteiger charge is 2.16. The van der Waals surface area contributed by atoms with Crippen LogP contribution in [-0.2, 0) is 0 Å². The Morgan fingerprint density at radius 1 is 1.26 bits per heavy atom. The minimum atomic E-state index is -0.0498. The first-order valence-electron chi connectivity index (χ1n) is 6.24. The molecule has 0 aliphatic heterocycles. The van der Waals surface area contributed by atoms with Crippen LogP contribution in [0, 0.1) is 0 Å². The molecule has 19 heavy (non-hydrogen) atoms. The number of nitrogens with one attached hydrogen (secondary N) is 1. The van der Waals surface area contributed by atoms with Gasteiger partial charge >= 0.3 is 6.01 Å². The molecule has 8 nitrogen and oxygen atoms in total. The lowest BCUT2D eigenvalue weighted by atomic mass is 10.3. The number of nitrogen functional groups attached to an aromatic ring is 1. The normalized spacial score (nSPS) is 10.9. The van der Waals surface area contributed by atoms with E-state index >= 15 is 0 Å². The molecule has 0 radical (unpaired) electrons. The van der Waals surface area contributed by atoms with E-state index in [1.165, 1.54) is 0 Å². The smallest absolute Gasteiger partial charge is 0.323 e. The third-order valence-electron chi connectivity index (χ3n) is 2.29. The molecule has 0 saturated heterocycles. The van der Waals surface area contributed by atoms with Crippen molar-refractivity contribution in [2.75, 3.05) is 23.5 Å². The van der Waals surface area contributed by atoms with Gasteiger partial charge in [-0.1, -0.05) is 0 Å². The highest BCUT2D eigenvalue weighted by Crippen LogP contribution is 2.17. The first-order chi connectivity index (χ1) is 8.97. The molecule has 0 amide bonds. The van der Waals surface area contributed by atoms with Gasteiger partial charge in [0.2, 0.25) is 11.9 Å². The molecular formula is C11H22N6O2. The second kappa shape index (κ2) is 7.05. The highest BCUT2D eigenvalue weighted by atomic mass is 16.5. The molecule has 0 aliphatic carbocycles. The lowest BCUT2D eigenvalue weighted by Gasteiger charge is -2.26. The van der Waals surface area contributed by atoms with E-state index in [1.54, 1.807) is 0 Å². The van der Waals surface area contributed by atoms with Crippen molar-refractivity contribution < 1.29 is 9.84 Å². The number of nitrogens with two attached hydrogens (primary N) is 1. The maximum absolute atomic E-state index is 9.10. The maximum atomic E-state index is 9.10. The van der Waals surface area contributed by atoms with E-state index in [1.807, 2.05) is 32.6 Å². The molecule has 0 aliphatic rings. The second-order valence-corrected chi connectivity index (χ2v) is 4.56. The third-order valence-corrected chi connectivity index (χ3v) is 2.29. The fourth-order valence-corrected chi connectivity index (χ4v) is 1.50. The number of aliphatic hydroxyl groups excluding tert-OH is 1. The first kappa shape index (κ1) is 15.4. The predicted molar refractivity (Wildman–Crippen MR) is 73.0 cm³/mol. The number of hydrogen-bond donors (Lipinski definition) is 3. The van der Waals surface area contributed by atoms with Gasteiger partial charge in [-0.05, 0) is 27.7 Å². The van der Waals surface area contributed by atoms with E-state index in [0.717, 1.165) is 0 Å². The third kappa shape index (κ3) is 4.49. The van der Waals surface area contributed by atoms with Crippen molar-refractivity contribution in [2.24, 2.45) is 5.84 Å². The van der Waals surface area contributed by atoms with Crippen LogP contribution in [0.1, 0.15) is 27.7 Å². The molecule has 0 atom stereocenters. The zero-order valence-corrected chi connectivity index (χ0v) is 11.8. The van der Waals surface area contributed by atoms with E-state index in [4.69, 9.17) is 15.7 Å². The van der Waals surface area contributed by atoms with Crippen molar-refractivity contribution in [2.45, 2.75) is 39.8 Å². The summed E-state index contributed by atoms with van der Waals surface area (Å²) in [5.74, 6) is 5.99. The molecule has 0 unspecified atom stereocenters. The van der Waals surface area contributed by atoms with Gasteiger partial charge in [0.1, 0.15) is 0 Å². The van der Waals surface area contributed by atoms with Crippen LogP contribution in [0.2, 0.25) is 0 Å². The summed E-state index contributed by atoms with van der Waals surface area (Å²) in [5, 5.41) is 9.10. The predicted octanol–water partition coefficient (Wildman–Crippen LogP) is 0.152. The monoisotopic (exact) mass is 270 g/mol. The van der Waals surface area contributed by atoms with E-state index in [-0.39, 0.29) is 30.7 Å². The Morgan fingerprint density at radius 3 is 2.42 bits per heavy atom. The van der Waals surface area contributed by atoms with Crippen LogP contribution in [0.5, 0.6) is 6.01 Å². The van der Waals surface area contributed by atoms with Crippen LogP contribution in [0.3, 0.4) is 0 Å². The first-order valence-corrected chi connectivity index (χ1v) is 6.24. The van der Waals surface area contributed by atoms with E-state index < -0.39 is 0 Å². The van der Waals surface area contributed by atoms with Gasteiger partial charge in [0.05, 0.1) is 12.7 Å². The van der Waals surface area contributed by atoms with Gasteiger partial charge in [0.25, 0.3) is 0 Å². The summed E-state index contributed by atoms with van der Waals surface area (Å²) in [6.45, 7) is 8.16. The molecule has 1 aromatic heterocycles. The van der Waals surface area contributed by atoms with E-state index in [0.29, 0.717) is 12.5 Å². The van der Waals surface area contributed by atoms with Gasteiger partial charge in [-0.3, -0.25) is 5.43 Å². The Kier molecular flexibility index (Phi) is 5.71. The number of aromatic nitrogens is 3. The number of hydrogen-bond acceptors (Lipinski definition) is 8. The second-order valence-electron chi connectivity index (χ2n) is 4.56. The van der Waals surface area contributed by atoms with Gasteiger partial charge in [-0.15, -0.1) is 0 Å². The quantitative estimate of drug-likeness (QED) is 0.474. The summed E-state index contributed by atoms with van der Waals surface area (Å²) in [6.07, 6.45) is -0.0498. The molecule has 1 aromatic rings. The topological polar surface area (TPSA) is 109 Å². The molecule has 0 aromatic carbocycles. The van der Waals surface area contributed by atoms with Crippen molar-refractivity contribution in [3.63, 3.8) is 0 Å². The van der Waals surface area contributed by atoms with Crippen LogP contribution in [-0.4, -0.2) is 45.4 Å². The summed E-state index contributed by atoms with van der Waals surface area (Å²) in [7, 11) is 0. The van der Waals surface area contributed by atoms with Crippen LogP contribution in [0.25, 0.3) is 0 Å². The highest BCUT2D eigenvalue weighted by molar-refractivity contribution is 5.38. The van der Waals surface area contributed by atoms with Crippen molar-refractivity contribution >= 4 is 11.9 Å². The molecule has 0 spiro atoms. The zero-order chi connectivity index (χ0) is 14.4. The summed E-state index contributed by atoms with van der Waals surface area (Å²) >= 11 is 0. The molecule has 0 bridgehead atoms. The SMILES string of the molecule is CC(C)Oc1nc(NN)nc(N(CCO)C(C)C)n1. The fourth-order valence-electron chi connectivity index (χ4n) is 1.50. The average Bonchev–Trinajstić information content (AvgIpc) is 2.34. The van der Waals surface area contributed by atoms with Crippen LogP contribution in [0.15, 0.2) is 0 Å². The molecule has 1 rings (SSSR count). The van der Waals surface area contributed by atoms with Crippen molar-refractivity contribution in [3.05, 3.63) is 0 Å². The number of rotatable bonds is 7. The summed E-state index contributed by atoms with van der Waals surface area (Å²) in [4.78, 5) is 14.3. The lowest BCUT2D eigenvalue weighted by Crippen LogP contribution is -2.35. The van der Waals surface area contributed by atoms with Crippen molar-refractivity contribution in [1.82, 2.24) is 15.0 Å². The van der Waals surface area contributed by atoms with Gasteiger partial charge in [-0.25, -0.2) is 5.84 Å². The van der Waals surface area contributed by atoms with Gasteiger partial charge in [0.15, 0.2) is 0 Å². The molecule has 0 saturated carbocycles. The Morgan fingerprint density at radius 2 is 1.95 bits per heavy atom. The number of anilines is 2. The number of nitrogens with zero attached hydrogens (tertiary/aromatic N) is 4. The Labute approximate surface area is 113 Å². The fraction of sp³-hybridized carbons (Fsp3) is 0.727. The molecule has 4 N–H and O–H groups in total. The molecule has 108 valence electrons. The zero-order valence-electron chi connectivity index (χ0n) is 11.8. The van der Waals surface area contributed by atoms with Gasteiger partial charge in [-0.2, -0.15) is 15.0 Å². The number of aliphatic hydroxyl groups is 1. The lowest BCUT2D eigenvalue weighted by molar-refractivity contribution is 0.221. The summed E-state index contributed by atoms with van der Waals surface area (Å²) < 4.78 is 5.46. The summed E-state index contributed by atoms with van der Waals surface area (Å²) in [5.41, 5.74) is 2.39.